The molecule has 2 unspecified atom stereocenters. The monoisotopic (exact) mass is 214 g/mol. The van der Waals surface area contributed by atoms with Crippen molar-refractivity contribution < 1.29 is 9.53 Å². The lowest BCUT2D eigenvalue weighted by Gasteiger charge is -2.23. The van der Waals surface area contributed by atoms with Gasteiger partial charge in [-0.25, -0.2) is 0 Å². The summed E-state index contributed by atoms with van der Waals surface area (Å²) in [4.78, 5) is 10.6. The van der Waals surface area contributed by atoms with Crippen LogP contribution in [-0.2, 0) is 9.53 Å². The highest BCUT2D eigenvalue weighted by Gasteiger charge is 2.13. The van der Waals surface area contributed by atoms with Crippen molar-refractivity contribution in [2.75, 3.05) is 13.2 Å². The second-order valence-corrected chi connectivity index (χ2v) is 4.30. The first-order chi connectivity index (χ1) is 7.18. The van der Waals surface area contributed by atoms with Crippen molar-refractivity contribution in [1.29, 1.82) is 0 Å². The Labute approximate surface area is 91.5 Å². The zero-order valence-corrected chi connectivity index (χ0v) is 9.50. The number of carbonyl (C=O) groups excluding carboxylic acids is 1. The summed E-state index contributed by atoms with van der Waals surface area (Å²) in [5, 5.41) is 3.28. The van der Waals surface area contributed by atoms with Crippen LogP contribution in [0.25, 0.3) is 0 Å². The van der Waals surface area contributed by atoms with E-state index in [1.165, 1.54) is 19.3 Å². The summed E-state index contributed by atoms with van der Waals surface area (Å²) in [6, 6.07) is 0.172. The molecule has 1 rings (SSSR count). The molecule has 15 heavy (non-hydrogen) atoms. The molecule has 4 nitrogen and oxygen atoms in total. The van der Waals surface area contributed by atoms with E-state index in [4.69, 9.17) is 10.5 Å². The summed E-state index contributed by atoms with van der Waals surface area (Å²) in [5.74, 6) is -0.246. The molecule has 2 atom stereocenters. The number of rotatable bonds is 6. The van der Waals surface area contributed by atoms with E-state index in [0.29, 0.717) is 12.5 Å². The highest BCUT2D eigenvalue weighted by Crippen LogP contribution is 2.14. The molecule has 3 N–H and O–H groups in total. The first kappa shape index (κ1) is 12.5. The lowest BCUT2D eigenvalue weighted by Crippen LogP contribution is -2.33. The Kier molecular flexibility index (Phi) is 5.65. The van der Waals surface area contributed by atoms with E-state index in [0.717, 1.165) is 19.6 Å². The maximum Gasteiger partial charge on any atom is 0.218 e. The first-order valence-corrected chi connectivity index (χ1v) is 5.82. The first-order valence-electron chi connectivity index (χ1n) is 5.82. The molecule has 4 heteroatoms. The second kappa shape index (κ2) is 6.80. The second-order valence-electron chi connectivity index (χ2n) is 4.30. The molecule has 1 saturated heterocycles. The van der Waals surface area contributed by atoms with Crippen molar-refractivity contribution in [2.45, 2.75) is 51.2 Å². The van der Waals surface area contributed by atoms with E-state index in [2.05, 4.69) is 5.32 Å². The molecule has 1 aliphatic heterocycles. The fourth-order valence-corrected chi connectivity index (χ4v) is 1.90. The predicted molar refractivity (Wildman–Crippen MR) is 59.5 cm³/mol. The molecule has 0 radical (unpaired) electrons. The van der Waals surface area contributed by atoms with Gasteiger partial charge in [-0.3, -0.25) is 4.79 Å². The molecule has 0 aromatic carbocycles. The predicted octanol–water partition coefficient (Wildman–Crippen LogP) is 0.799. The van der Waals surface area contributed by atoms with Gasteiger partial charge < -0.3 is 15.8 Å². The Hall–Kier alpha value is -0.610. The average Bonchev–Trinajstić information content (AvgIpc) is 2.18. The Balaban J connectivity index is 2.02. The fourth-order valence-electron chi connectivity index (χ4n) is 1.90. The third-order valence-corrected chi connectivity index (χ3v) is 2.74. The summed E-state index contributed by atoms with van der Waals surface area (Å²) in [5.41, 5.74) is 5.10. The topological polar surface area (TPSA) is 64.4 Å². The zero-order valence-electron chi connectivity index (χ0n) is 9.50. The van der Waals surface area contributed by atoms with Gasteiger partial charge in [0.1, 0.15) is 0 Å². The third-order valence-electron chi connectivity index (χ3n) is 2.74. The normalized spacial score (nSPS) is 23.7. The Morgan fingerprint density at radius 1 is 1.60 bits per heavy atom. The van der Waals surface area contributed by atoms with Gasteiger partial charge in [0.15, 0.2) is 0 Å². The van der Waals surface area contributed by atoms with Crippen LogP contribution < -0.4 is 11.1 Å². The highest BCUT2D eigenvalue weighted by atomic mass is 16.5. The van der Waals surface area contributed by atoms with Crippen molar-refractivity contribution in [3.05, 3.63) is 0 Å². The van der Waals surface area contributed by atoms with Crippen LogP contribution in [0.3, 0.4) is 0 Å². The minimum atomic E-state index is -0.246. The van der Waals surface area contributed by atoms with E-state index in [1.807, 2.05) is 6.92 Å². The molecular weight excluding hydrogens is 192 g/mol. The smallest absolute Gasteiger partial charge is 0.218 e. The van der Waals surface area contributed by atoms with E-state index in [1.54, 1.807) is 0 Å². The zero-order chi connectivity index (χ0) is 11.1. The van der Waals surface area contributed by atoms with Gasteiger partial charge >= 0.3 is 0 Å². The van der Waals surface area contributed by atoms with E-state index in [9.17, 15) is 4.79 Å². The summed E-state index contributed by atoms with van der Waals surface area (Å²) in [7, 11) is 0. The van der Waals surface area contributed by atoms with E-state index < -0.39 is 0 Å². The number of carbonyl (C=O) groups is 1. The molecule has 0 aromatic rings. The Bertz CT molecular complexity index is 191. The number of hydrogen-bond donors (Lipinski definition) is 2. The lowest BCUT2D eigenvalue weighted by molar-refractivity contribution is -0.118. The number of ether oxygens (including phenoxy) is 1. The average molecular weight is 214 g/mol. The fraction of sp³-hybridized carbons (Fsp3) is 0.909. The van der Waals surface area contributed by atoms with Crippen molar-refractivity contribution in [2.24, 2.45) is 5.73 Å². The molecule has 0 saturated carbocycles. The van der Waals surface area contributed by atoms with Crippen molar-refractivity contribution in [3.63, 3.8) is 0 Å². The molecule has 1 heterocycles. The van der Waals surface area contributed by atoms with Crippen molar-refractivity contribution in [3.8, 4) is 0 Å². The van der Waals surface area contributed by atoms with Crippen LogP contribution in [0.2, 0.25) is 0 Å². The van der Waals surface area contributed by atoms with Crippen LogP contribution in [0.4, 0.5) is 0 Å². The molecular formula is C11H22N2O2. The molecule has 1 aliphatic rings. The van der Waals surface area contributed by atoms with E-state index in [-0.39, 0.29) is 11.9 Å². The quantitative estimate of drug-likeness (QED) is 0.687. The minimum absolute atomic E-state index is 0.172. The number of primary amides is 1. The number of nitrogens with two attached hydrogens (primary N) is 1. The van der Waals surface area contributed by atoms with Gasteiger partial charge in [0, 0.05) is 19.1 Å². The molecule has 0 spiro atoms. The Morgan fingerprint density at radius 3 is 3.00 bits per heavy atom. The van der Waals surface area contributed by atoms with Crippen LogP contribution >= 0.6 is 0 Å². The van der Waals surface area contributed by atoms with Gasteiger partial charge in [-0.15, -0.1) is 0 Å². The summed E-state index contributed by atoms with van der Waals surface area (Å²) >= 11 is 0. The van der Waals surface area contributed by atoms with Gasteiger partial charge in [0.25, 0.3) is 0 Å². The molecule has 0 aromatic heterocycles. The largest absolute Gasteiger partial charge is 0.378 e. The van der Waals surface area contributed by atoms with Crippen LogP contribution in [0.15, 0.2) is 0 Å². The Morgan fingerprint density at radius 2 is 2.40 bits per heavy atom. The maximum absolute atomic E-state index is 10.6. The van der Waals surface area contributed by atoms with Gasteiger partial charge in [-0.05, 0) is 39.2 Å². The number of hydrogen-bond acceptors (Lipinski definition) is 3. The van der Waals surface area contributed by atoms with Gasteiger partial charge in [-0.2, -0.15) is 0 Å². The summed E-state index contributed by atoms with van der Waals surface area (Å²) in [6.07, 6.45) is 5.50. The summed E-state index contributed by atoms with van der Waals surface area (Å²) < 4.78 is 5.61. The highest BCUT2D eigenvalue weighted by molar-refractivity contribution is 5.74. The molecule has 1 fully saturated rings. The van der Waals surface area contributed by atoms with Gasteiger partial charge in [0.2, 0.25) is 5.91 Å². The molecule has 88 valence electrons. The van der Waals surface area contributed by atoms with Crippen molar-refractivity contribution >= 4 is 5.91 Å². The van der Waals surface area contributed by atoms with Gasteiger partial charge in [-0.1, -0.05) is 0 Å². The third kappa shape index (κ3) is 5.74. The lowest BCUT2D eigenvalue weighted by atomic mass is 10.1. The summed E-state index contributed by atoms with van der Waals surface area (Å²) in [6.45, 7) is 3.78. The molecule has 1 amide bonds. The number of amides is 1. The van der Waals surface area contributed by atoms with Crippen LogP contribution in [0.1, 0.15) is 39.0 Å². The van der Waals surface area contributed by atoms with Crippen LogP contribution in [-0.4, -0.2) is 31.2 Å². The van der Waals surface area contributed by atoms with Gasteiger partial charge in [0.05, 0.1) is 6.10 Å². The van der Waals surface area contributed by atoms with Crippen LogP contribution in [0.5, 0.6) is 0 Å². The number of nitrogens with one attached hydrogen (secondary N) is 1. The molecule has 0 bridgehead atoms. The maximum atomic E-state index is 10.6. The van der Waals surface area contributed by atoms with E-state index >= 15 is 0 Å². The van der Waals surface area contributed by atoms with Crippen molar-refractivity contribution in [1.82, 2.24) is 5.32 Å². The SMILES string of the molecule is CC(CC(N)=O)NCCC1CCCCO1. The standard InChI is InChI=1S/C11H22N2O2/c1-9(8-11(12)14)13-6-5-10-4-2-3-7-15-10/h9-10,13H,2-8H2,1H3,(H2,12,14). The molecule has 0 aliphatic carbocycles. The minimum Gasteiger partial charge on any atom is -0.378 e. The van der Waals surface area contributed by atoms with Crippen LogP contribution in [0, 0.1) is 0 Å².